The number of amides is 4. The quantitative estimate of drug-likeness (QED) is 0.0528. The van der Waals surface area contributed by atoms with Crippen molar-refractivity contribution >= 4 is 66.7 Å². The molecule has 5 aromatic carbocycles. The van der Waals surface area contributed by atoms with Crippen molar-refractivity contribution in [2.24, 2.45) is 0 Å². The summed E-state index contributed by atoms with van der Waals surface area (Å²) in [5.41, 5.74) is 2.03. The number of benzene rings is 5. The number of allylic oxidation sites excluding steroid dienone is 4. The van der Waals surface area contributed by atoms with E-state index in [4.69, 9.17) is 0 Å². The molecule has 240 valence electrons. The van der Waals surface area contributed by atoms with Gasteiger partial charge in [0.1, 0.15) is 0 Å². The second kappa shape index (κ2) is 12.3. The van der Waals surface area contributed by atoms with Crippen LogP contribution in [-0.4, -0.2) is 45.5 Å². The molecule has 0 fully saturated rings. The first kappa shape index (κ1) is 31.3. The summed E-state index contributed by atoms with van der Waals surface area (Å²) in [5, 5.41) is 6.52. The summed E-state index contributed by atoms with van der Waals surface area (Å²) in [6.45, 7) is 15.4. The van der Waals surface area contributed by atoms with E-state index >= 15 is 0 Å². The van der Waals surface area contributed by atoms with Crippen LogP contribution in [0.4, 0.5) is 0 Å². The minimum atomic E-state index is -0.288. The molecule has 0 atom stereocenters. The lowest BCUT2D eigenvalue weighted by Crippen LogP contribution is -2.47. The Morgan fingerprint density at radius 2 is 0.667 bits per heavy atom. The molecule has 48 heavy (non-hydrogen) atoms. The predicted molar refractivity (Wildman–Crippen MR) is 194 cm³/mol. The normalized spacial score (nSPS) is 14.5. The zero-order valence-corrected chi connectivity index (χ0v) is 27.1. The summed E-state index contributed by atoms with van der Waals surface area (Å²) in [6, 6.07) is 14.6. The van der Waals surface area contributed by atoms with Gasteiger partial charge in [-0.25, -0.2) is 0 Å². The molecule has 0 spiro atoms. The van der Waals surface area contributed by atoms with E-state index in [1.807, 2.05) is 72.8 Å². The van der Waals surface area contributed by atoms with Crippen LogP contribution < -0.4 is 0 Å². The third-order valence-corrected chi connectivity index (χ3v) is 10.2. The van der Waals surface area contributed by atoms with Gasteiger partial charge in [0.25, 0.3) is 23.6 Å². The number of carbonyl (C=O) groups is 4. The maximum absolute atomic E-state index is 14.1. The average Bonchev–Trinajstić information content (AvgIpc) is 3.10. The fourth-order valence-corrected chi connectivity index (χ4v) is 8.01. The number of fused-ring (bicyclic) bond motifs is 2. The Kier molecular flexibility index (Phi) is 8.04. The molecule has 2 aliphatic heterocycles. The van der Waals surface area contributed by atoms with E-state index in [9.17, 15) is 19.2 Å². The zero-order chi connectivity index (χ0) is 33.7. The summed E-state index contributed by atoms with van der Waals surface area (Å²) >= 11 is 0. The molecule has 2 aliphatic rings. The highest BCUT2D eigenvalue weighted by Crippen LogP contribution is 2.47. The maximum atomic E-state index is 14.1. The molecular weight excluding hydrogens is 596 g/mol. The molecule has 6 nitrogen and oxygen atoms in total. The van der Waals surface area contributed by atoms with Gasteiger partial charge < -0.3 is 0 Å². The van der Waals surface area contributed by atoms with Crippen LogP contribution in [0.25, 0.3) is 43.1 Å². The van der Waals surface area contributed by atoms with Crippen molar-refractivity contribution in [1.82, 2.24) is 9.80 Å². The van der Waals surface area contributed by atoms with Gasteiger partial charge in [-0.2, -0.15) is 0 Å². The Morgan fingerprint density at radius 3 is 0.896 bits per heavy atom. The highest BCUT2D eigenvalue weighted by Gasteiger charge is 2.40. The molecule has 0 aliphatic carbocycles. The average molecular weight is 635 g/mol. The highest BCUT2D eigenvalue weighted by atomic mass is 16.2. The monoisotopic (exact) mass is 634 g/mol. The topological polar surface area (TPSA) is 74.8 Å². The van der Waals surface area contributed by atoms with Crippen LogP contribution in [-0.2, 0) is 0 Å². The van der Waals surface area contributed by atoms with Crippen LogP contribution in [0, 0.1) is 0 Å². The van der Waals surface area contributed by atoms with Gasteiger partial charge in [-0.1, -0.05) is 48.6 Å². The fourth-order valence-electron chi connectivity index (χ4n) is 8.01. The Labute approximate surface area is 280 Å². The second-order valence-electron chi connectivity index (χ2n) is 12.9. The first-order valence-corrected chi connectivity index (χ1v) is 16.8. The van der Waals surface area contributed by atoms with Crippen LogP contribution in [0.1, 0.15) is 92.8 Å². The molecule has 4 amide bonds. The molecule has 0 saturated carbocycles. The smallest absolute Gasteiger partial charge is 0.261 e. The van der Waals surface area contributed by atoms with Crippen molar-refractivity contribution < 1.29 is 19.2 Å². The number of carbonyl (C=O) groups excluding carboxylic acids is 4. The molecule has 5 aromatic rings. The van der Waals surface area contributed by atoms with E-state index in [0.717, 1.165) is 32.3 Å². The summed E-state index contributed by atoms with van der Waals surface area (Å²) in [6.07, 6.45) is 12.6. The van der Waals surface area contributed by atoms with Gasteiger partial charge in [0.2, 0.25) is 0 Å². The molecule has 6 heteroatoms. The Balaban J connectivity index is 1.42. The van der Waals surface area contributed by atoms with Gasteiger partial charge in [0, 0.05) is 45.1 Å². The van der Waals surface area contributed by atoms with Gasteiger partial charge in [-0.05, 0) is 108 Å². The van der Waals surface area contributed by atoms with Gasteiger partial charge in [0.05, 0.1) is 0 Å². The lowest BCUT2D eigenvalue weighted by atomic mass is 9.81. The van der Waals surface area contributed by atoms with E-state index in [2.05, 4.69) is 26.3 Å². The Morgan fingerprint density at radius 1 is 0.417 bits per heavy atom. The van der Waals surface area contributed by atoms with Gasteiger partial charge in [0.15, 0.2) is 0 Å². The molecule has 2 heterocycles. The van der Waals surface area contributed by atoms with Crippen molar-refractivity contribution in [1.29, 1.82) is 0 Å². The van der Waals surface area contributed by atoms with Crippen molar-refractivity contribution in [2.45, 2.75) is 63.5 Å². The van der Waals surface area contributed by atoms with Crippen LogP contribution in [0.3, 0.4) is 0 Å². The van der Waals surface area contributed by atoms with E-state index in [0.29, 0.717) is 84.4 Å². The lowest BCUT2D eigenvalue weighted by molar-refractivity contribution is 0.0508. The van der Waals surface area contributed by atoms with Crippen molar-refractivity contribution in [3.8, 4) is 0 Å². The summed E-state index contributed by atoms with van der Waals surface area (Å²) in [5.74, 6) is -1.15. The molecule has 0 aromatic heterocycles. The summed E-state index contributed by atoms with van der Waals surface area (Å²) in [7, 11) is 0. The number of nitrogens with zero attached hydrogens (tertiary/aromatic N) is 2. The number of rotatable bonds is 14. The first-order chi connectivity index (χ1) is 23.4. The van der Waals surface area contributed by atoms with Crippen LogP contribution in [0.2, 0.25) is 0 Å². The molecule has 0 radical (unpaired) electrons. The minimum absolute atomic E-state index is 0.268. The third-order valence-electron chi connectivity index (χ3n) is 10.2. The molecule has 0 unspecified atom stereocenters. The van der Waals surface area contributed by atoms with Gasteiger partial charge >= 0.3 is 0 Å². The number of hydrogen-bond acceptors (Lipinski definition) is 4. The van der Waals surface area contributed by atoms with Crippen molar-refractivity contribution in [2.75, 3.05) is 0 Å². The zero-order valence-electron chi connectivity index (χ0n) is 27.1. The third kappa shape index (κ3) is 4.54. The van der Waals surface area contributed by atoms with Crippen LogP contribution in [0.5, 0.6) is 0 Å². The van der Waals surface area contributed by atoms with E-state index < -0.39 is 0 Å². The van der Waals surface area contributed by atoms with E-state index in [-0.39, 0.29) is 35.7 Å². The van der Waals surface area contributed by atoms with Crippen LogP contribution >= 0.6 is 0 Å². The lowest BCUT2D eigenvalue weighted by Gasteiger charge is -2.35. The van der Waals surface area contributed by atoms with E-state index in [1.165, 1.54) is 9.80 Å². The molecule has 0 saturated heterocycles. The maximum Gasteiger partial charge on any atom is 0.261 e. The second-order valence-corrected chi connectivity index (χ2v) is 12.9. The van der Waals surface area contributed by atoms with Crippen molar-refractivity contribution in [3.63, 3.8) is 0 Å². The Hall–Kier alpha value is -5.36. The highest BCUT2D eigenvalue weighted by molar-refractivity contribution is 6.41. The predicted octanol–water partition coefficient (Wildman–Crippen LogP) is 9.53. The molecule has 0 N–H and O–H groups in total. The summed E-state index contributed by atoms with van der Waals surface area (Å²) in [4.78, 5) is 59.4. The first-order valence-electron chi connectivity index (χ1n) is 16.8. The van der Waals surface area contributed by atoms with E-state index in [1.54, 1.807) is 0 Å². The molecule has 0 bridgehead atoms. The molecule has 7 rings (SSSR count). The fraction of sp³-hybridized carbons (Fsp3) is 0.238. The Bertz CT molecular complexity index is 1930. The largest absolute Gasteiger partial charge is 0.271 e. The van der Waals surface area contributed by atoms with Crippen molar-refractivity contribution in [3.05, 3.63) is 121 Å². The minimum Gasteiger partial charge on any atom is -0.271 e. The SMILES string of the molecule is C=CCCC(CCC=C)N1C(=O)c2ccc3c4ccc5c6c(ccc(c7ccc(c2c37)C1=O)c64)C(=O)N(C(CCC=C)CCC=C)C5=O. The standard InChI is InChI=1S/C42H38N2O4/c1-5-9-13-25(14-10-6-2)43-39(45)31-21-17-27-29-19-23-33-38-34(42(48)44(41(33)47)26(15-11-7-3)16-12-8-4)24-20-30(36(29)38)28-18-22-32(40(43)46)37(31)35(27)28/h5-8,17-26H,1-4,9-16H2. The number of hydrogen-bond donors (Lipinski definition) is 0. The summed E-state index contributed by atoms with van der Waals surface area (Å²) < 4.78 is 0. The van der Waals surface area contributed by atoms with Gasteiger partial charge in [-0.15, -0.1) is 26.3 Å². The van der Waals surface area contributed by atoms with Gasteiger partial charge in [-0.3, -0.25) is 29.0 Å². The number of imide groups is 2. The molecular formula is C42H38N2O4. The van der Waals surface area contributed by atoms with Crippen LogP contribution in [0.15, 0.2) is 99.2 Å².